The Morgan fingerprint density at radius 1 is 1.12 bits per heavy atom. The lowest BCUT2D eigenvalue weighted by Gasteiger charge is -2.44. The van der Waals surface area contributed by atoms with Crippen molar-refractivity contribution in [2.45, 2.75) is 67.7 Å². The van der Waals surface area contributed by atoms with Crippen LogP contribution in [-0.4, -0.2) is 51.1 Å². The predicted molar refractivity (Wildman–Crippen MR) is 104 cm³/mol. The van der Waals surface area contributed by atoms with E-state index in [1.807, 2.05) is 11.4 Å². The minimum absolute atomic E-state index is 0.284. The van der Waals surface area contributed by atoms with Gasteiger partial charge in [-0.1, -0.05) is 6.07 Å². The molecule has 0 unspecified atom stereocenters. The van der Waals surface area contributed by atoms with Crippen molar-refractivity contribution >= 4 is 21.4 Å². The highest BCUT2D eigenvalue weighted by Crippen LogP contribution is 2.44. The number of hydrogen-bond donors (Lipinski definition) is 1. The number of sulfonamides is 1. The Morgan fingerprint density at radius 3 is 2.58 bits per heavy atom. The Balaban J connectivity index is 1.32. The van der Waals surface area contributed by atoms with Gasteiger partial charge < -0.3 is 10.1 Å². The summed E-state index contributed by atoms with van der Waals surface area (Å²) in [4.78, 5) is 0. The molecule has 3 aliphatic rings. The molecule has 1 aromatic rings. The number of thiophene rings is 1. The van der Waals surface area contributed by atoms with Crippen molar-refractivity contribution in [3.63, 3.8) is 0 Å². The van der Waals surface area contributed by atoms with Crippen LogP contribution < -0.4 is 5.32 Å². The van der Waals surface area contributed by atoms with Crippen LogP contribution in [0.25, 0.3) is 0 Å². The van der Waals surface area contributed by atoms with E-state index < -0.39 is 10.0 Å². The van der Waals surface area contributed by atoms with Crippen LogP contribution in [0.4, 0.5) is 0 Å². The average molecular weight is 399 g/mol. The van der Waals surface area contributed by atoms with Crippen molar-refractivity contribution in [3.05, 3.63) is 17.5 Å². The van der Waals surface area contributed by atoms with Gasteiger partial charge in [-0.2, -0.15) is 4.31 Å². The lowest BCUT2D eigenvalue weighted by Crippen LogP contribution is -2.52. The topological polar surface area (TPSA) is 58.6 Å². The van der Waals surface area contributed by atoms with Crippen LogP contribution >= 0.6 is 11.3 Å². The first kappa shape index (κ1) is 18.9. The van der Waals surface area contributed by atoms with Crippen molar-refractivity contribution in [2.24, 2.45) is 5.41 Å². The smallest absolute Gasteiger partial charge is 0.252 e. The lowest BCUT2D eigenvalue weighted by molar-refractivity contribution is -0.0102. The van der Waals surface area contributed by atoms with Gasteiger partial charge in [-0.15, -0.1) is 11.3 Å². The summed E-state index contributed by atoms with van der Waals surface area (Å²) in [5.41, 5.74) is 0.525. The minimum atomic E-state index is -3.32. The van der Waals surface area contributed by atoms with E-state index in [1.54, 1.807) is 10.4 Å². The number of rotatable bonds is 4. The zero-order valence-corrected chi connectivity index (χ0v) is 17.0. The quantitative estimate of drug-likeness (QED) is 0.846. The molecule has 4 rings (SSSR count). The van der Waals surface area contributed by atoms with Gasteiger partial charge in [-0.05, 0) is 68.2 Å². The van der Waals surface area contributed by atoms with Crippen molar-refractivity contribution < 1.29 is 13.2 Å². The number of piperidine rings is 1. The van der Waals surface area contributed by atoms with Crippen molar-refractivity contribution in [1.29, 1.82) is 0 Å². The normalized spacial score (nSPS) is 28.4. The molecule has 1 aliphatic carbocycles. The molecule has 1 spiro atoms. The molecule has 26 heavy (non-hydrogen) atoms. The van der Waals surface area contributed by atoms with E-state index in [4.69, 9.17) is 4.74 Å². The Kier molecular flexibility index (Phi) is 5.72. The van der Waals surface area contributed by atoms with E-state index in [0.29, 0.717) is 28.8 Å². The molecule has 1 saturated carbocycles. The van der Waals surface area contributed by atoms with Gasteiger partial charge in [0.2, 0.25) is 0 Å². The van der Waals surface area contributed by atoms with E-state index in [-0.39, 0.29) is 6.04 Å². The third-order valence-corrected chi connectivity index (χ3v) is 9.78. The molecule has 146 valence electrons. The summed E-state index contributed by atoms with van der Waals surface area (Å²) in [5.74, 6) is 0. The van der Waals surface area contributed by atoms with Crippen LogP contribution in [-0.2, 0) is 14.8 Å². The highest BCUT2D eigenvalue weighted by molar-refractivity contribution is 7.91. The summed E-state index contributed by atoms with van der Waals surface area (Å²) in [6.45, 7) is 3.11. The fraction of sp³-hybridized carbons (Fsp3) is 0.789. The number of nitrogens with zero attached hydrogens (tertiary/aromatic N) is 1. The van der Waals surface area contributed by atoms with E-state index in [0.717, 1.165) is 26.1 Å². The summed E-state index contributed by atoms with van der Waals surface area (Å²) in [7, 11) is -3.32. The molecule has 2 aliphatic heterocycles. The SMILES string of the molecule is O=S(=O)(c1cccs1)N1CCC[C@@H](NC2CCC3(CCOCC3)CC2)C1. The molecule has 2 saturated heterocycles. The summed E-state index contributed by atoms with van der Waals surface area (Å²) >= 11 is 1.31. The summed E-state index contributed by atoms with van der Waals surface area (Å²) < 4.78 is 33.3. The molecule has 0 bridgehead atoms. The van der Waals surface area contributed by atoms with Gasteiger partial charge >= 0.3 is 0 Å². The zero-order chi connectivity index (χ0) is 18.0. The van der Waals surface area contributed by atoms with E-state index in [9.17, 15) is 8.42 Å². The van der Waals surface area contributed by atoms with Crippen LogP contribution in [0, 0.1) is 5.41 Å². The second-order valence-corrected chi connectivity index (χ2v) is 11.3. The second-order valence-electron chi connectivity index (χ2n) is 8.19. The van der Waals surface area contributed by atoms with Gasteiger partial charge in [0, 0.05) is 38.4 Å². The Hall–Kier alpha value is -0.470. The largest absolute Gasteiger partial charge is 0.381 e. The Morgan fingerprint density at radius 2 is 1.88 bits per heavy atom. The molecule has 3 heterocycles. The third-order valence-electron chi connectivity index (χ3n) is 6.54. The molecule has 7 heteroatoms. The van der Waals surface area contributed by atoms with Gasteiger partial charge in [0.05, 0.1) is 0 Å². The van der Waals surface area contributed by atoms with Gasteiger partial charge in [0.1, 0.15) is 4.21 Å². The highest BCUT2D eigenvalue weighted by Gasteiger charge is 2.38. The molecule has 0 radical (unpaired) electrons. The van der Waals surface area contributed by atoms with Crippen LogP contribution in [0.1, 0.15) is 51.4 Å². The van der Waals surface area contributed by atoms with Crippen LogP contribution in [0.2, 0.25) is 0 Å². The molecule has 1 aromatic heterocycles. The molecule has 1 N–H and O–H groups in total. The highest BCUT2D eigenvalue weighted by atomic mass is 32.2. The van der Waals surface area contributed by atoms with Crippen molar-refractivity contribution in [1.82, 2.24) is 9.62 Å². The van der Waals surface area contributed by atoms with E-state index >= 15 is 0 Å². The van der Waals surface area contributed by atoms with E-state index in [2.05, 4.69) is 5.32 Å². The summed E-state index contributed by atoms with van der Waals surface area (Å²) in [6.07, 6.45) is 9.46. The van der Waals surface area contributed by atoms with Crippen LogP contribution in [0.3, 0.4) is 0 Å². The minimum Gasteiger partial charge on any atom is -0.381 e. The van der Waals surface area contributed by atoms with Crippen molar-refractivity contribution in [2.75, 3.05) is 26.3 Å². The first-order chi connectivity index (χ1) is 12.6. The average Bonchev–Trinajstić information content (AvgIpc) is 3.21. The second kappa shape index (κ2) is 7.87. The molecule has 0 aromatic carbocycles. The molecule has 0 amide bonds. The molecule has 5 nitrogen and oxygen atoms in total. The van der Waals surface area contributed by atoms with E-state index in [1.165, 1.54) is 49.9 Å². The zero-order valence-electron chi connectivity index (χ0n) is 15.4. The first-order valence-corrected chi connectivity index (χ1v) is 12.3. The molecular weight excluding hydrogens is 368 g/mol. The van der Waals surface area contributed by atoms with Crippen LogP contribution in [0.15, 0.2) is 21.7 Å². The number of hydrogen-bond acceptors (Lipinski definition) is 5. The monoisotopic (exact) mass is 398 g/mol. The van der Waals surface area contributed by atoms with Gasteiger partial charge in [-0.3, -0.25) is 0 Å². The fourth-order valence-electron chi connectivity index (χ4n) is 4.87. The lowest BCUT2D eigenvalue weighted by atomic mass is 9.68. The molecule has 1 atom stereocenters. The number of nitrogens with one attached hydrogen (secondary N) is 1. The fourth-order valence-corrected chi connectivity index (χ4v) is 7.54. The van der Waals surface area contributed by atoms with Gasteiger partial charge in [-0.25, -0.2) is 8.42 Å². The Labute approximate surface area is 161 Å². The molecule has 3 fully saturated rings. The van der Waals surface area contributed by atoms with Crippen LogP contribution in [0.5, 0.6) is 0 Å². The first-order valence-electron chi connectivity index (χ1n) is 9.95. The van der Waals surface area contributed by atoms with Gasteiger partial charge in [0.25, 0.3) is 10.0 Å². The maximum Gasteiger partial charge on any atom is 0.252 e. The maximum atomic E-state index is 12.8. The van der Waals surface area contributed by atoms with Gasteiger partial charge in [0.15, 0.2) is 0 Å². The summed E-state index contributed by atoms with van der Waals surface area (Å²) in [5, 5.41) is 5.63. The predicted octanol–water partition coefficient (Wildman–Crippen LogP) is 3.23. The third kappa shape index (κ3) is 4.02. The Bertz CT molecular complexity index is 674. The maximum absolute atomic E-state index is 12.8. The summed E-state index contributed by atoms with van der Waals surface area (Å²) in [6, 6.07) is 4.35. The van der Waals surface area contributed by atoms with Crippen molar-refractivity contribution in [3.8, 4) is 0 Å². The number of ether oxygens (including phenoxy) is 1. The molecular formula is C19H30N2O3S2. The standard InChI is InChI=1S/C19H30N2O3S2/c22-26(23,18-4-2-14-25-18)21-11-1-3-17(15-21)20-16-5-7-19(8-6-16)9-12-24-13-10-19/h2,4,14,16-17,20H,1,3,5-13,15H2/t17-/m1/s1.